The van der Waals surface area contributed by atoms with Gasteiger partial charge in [0.2, 0.25) is 0 Å². The molecule has 0 fully saturated rings. The van der Waals surface area contributed by atoms with Gasteiger partial charge in [-0.2, -0.15) is 0 Å². The number of aliphatic hydroxyl groups is 1. The van der Waals surface area contributed by atoms with Crippen LogP contribution in [0.15, 0.2) is 33.6 Å². The fraction of sp³-hybridized carbons (Fsp3) is 0.308. The topological polar surface area (TPSA) is 109 Å². The number of hydrogen-bond donors (Lipinski definition) is 3. The zero-order valence-corrected chi connectivity index (χ0v) is 11.2. The lowest BCUT2D eigenvalue weighted by atomic mass is 10.3. The summed E-state index contributed by atoms with van der Waals surface area (Å²) in [5, 5.41) is 20.0. The normalized spacial score (nSPS) is 11.1. The van der Waals surface area contributed by atoms with E-state index < -0.39 is 5.76 Å². The molecule has 3 aromatic rings. The number of hydrogen-bond acceptors (Lipinski definition) is 6. The summed E-state index contributed by atoms with van der Waals surface area (Å²) in [6.45, 7) is 1.30. The van der Waals surface area contributed by atoms with Crippen molar-refractivity contribution in [1.29, 1.82) is 0 Å². The molecule has 3 N–H and O–H groups in total. The number of aliphatic hydroxyl groups excluding tert-OH is 1. The van der Waals surface area contributed by atoms with E-state index >= 15 is 0 Å². The average Bonchev–Trinajstić information content (AvgIpc) is 3.07. The van der Waals surface area contributed by atoms with Crippen LogP contribution in [0.3, 0.4) is 0 Å². The summed E-state index contributed by atoms with van der Waals surface area (Å²) >= 11 is 0. The summed E-state index contributed by atoms with van der Waals surface area (Å²) in [4.78, 5) is 13.7. The first-order chi connectivity index (χ1) is 10.2. The summed E-state index contributed by atoms with van der Waals surface area (Å²) in [6.07, 6.45) is 2.49. The lowest BCUT2D eigenvalue weighted by molar-refractivity contribution is 0.276. The number of aryl methyl sites for hydroxylation is 1. The number of H-pyrrole nitrogens is 1. The molecule has 8 heteroatoms. The van der Waals surface area contributed by atoms with E-state index in [0.29, 0.717) is 30.6 Å². The molecule has 2 aromatic heterocycles. The molecule has 1 aromatic carbocycles. The van der Waals surface area contributed by atoms with E-state index in [0.717, 1.165) is 11.4 Å². The van der Waals surface area contributed by atoms with Gasteiger partial charge in [-0.05, 0) is 24.6 Å². The quantitative estimate of drug-likeness (QED) is 0.616. The summed E-state index contributed by atoms with van der Waals surface area (Å²) < 4.78 is 6.64. The number of anilines is 1. The number of oxazole rings is 1. The molecule has 2 heterocycles. The Balaban J connectivity index is 1.65. The third-order valence-electron chi connectivity index (χ3n) is 3.02. The van der Waals surface area contributed by atoms with Crippen molar-refractivity contribution in [3.05, 3.63) is 40.6 Å². The molecule has 0 atom stereocenters. The molecule has 0 amide bonds. The molecule has 0 saturated heterocycles. The number of benzene rings is 1. The van der Waals surface area contributed by atoms with Crippen LogP contribution < -0.4 is 11.1 Å². The first-order valence-corrected chi connectivity index (χ1v) is 6.61. The molecule has 0 radical (unpaired) electrons. The van der Waals surface area contributed by atoms with Crippen LogP contribution >= 0.6 is 0 Å². The fourth-order valence-electron chi connectivity index (χ4n) is 2.02. The molecule has 8 nitrogen and oxygen atoms in total. The Morgan fingerprint density at radius 2 is 2.33 bits per heavy atom. The first kappa shape index (κ1) is 13.4. The number of rotatable bonds is 6. The van der Waals surface area contributed by atoms with Crippen molar-refractivity contribution in [2.45, 2.75) is 19.5 Å². The van der Waals surface area contributed by atoms with Crippen molar-refractivity contribution in [2.75, 3.05) is 11.9 Å². The van der Waals surface area contributed by atoms with Gasteiger partial charge < -0.3 is 14.8 Å². The Hall–Kier alpha value is -2.61. The summed E-state index contributed by atoms with van der Waals surface area (Å²) in [5.74, 6) is -0.464. The van der Waals surface area contributed by atoms with Crippen LogP contribution in [0.2, 0.25) is 0 Å². The van der Waals surface area contributed by atoms with Crippen LogP contribution in [-0.2, 0) is 13.1 Å². The van der Waals surface area contributed by atoms with Gasteiger partial charge in [0.1, 0.15) is 5.69 Å². The van der Waals surface area contributed by atoms with Crippen LogP contribution in [0.25, 0.3) is 11.1 Å². The molecular formula is C13H15N5O3. The molecular weight excluding hydrogens is 274 g/mol. The summed E-state index contributed by atoms with van der Waals surface area (Å²) in [5.41, 5.74) is 2.83. The van der Waals surface area contributed by atoms with Crippen LogP contribution in [-0.4, -0.2) is 31.7 Å². The van der Waals surface area contributed by atoms with Crippen molar-refractivity contribution in [2.24, 2.45) is 0 Å². The largest absolute Gasteiger partial charge is 0.417 e. The zero-order valence-electron chi connectivity index (χ0n) is 11.2. The highest BCUT2D eigenvalue weighted by molar-refractivity contribution is 5.76. The van der Waals surface area contributed by atoms with Gasteiger partial charge in [-0.25, -0.2) is 4.79 Å². The van der Waals surface area contributed by atoms with E-state index in [1.54, 1.807) is 16.8 Å². The molecule has 21 heavy (non-hydrogen) atoms. The molecule has 0 bridgehead atoms. The lowest BCUT2D eigenvalue weighted by Gasteiger charge is -2.03. The van der Waals surface area contributed by atoms with Crippen molar-refractivity contribution >= 4 is 16.8 Å². The minimum absolute atomic E-state index is 0.135. The maximum absolute atomic E-state index is 11.1. The van der Waals surface area contributed by atoms with Gasteiger partial charge in [-0.1, -0.05) is 5.21 Å². The Kier molecular flexibility index (Phi) is 3.69. The van der Waals surface area contributed by atoms with Crippen LogP contribution in [0, 0.1) is 0 Å². The van der Waals surface area contributed by atoms with E-state index in [-0.39, 0.29) is 6.61 Å². The number of nitrogens with one attached hydrogen (secondary N) is 2. The SMILES string of the molecule is O=c1[nH]c2cc(NCc3cn(CCCO)nn3)ccc2o1. The maximum Gasteiger partial charge on any atom is 0.417 e. The predicted molar refractivity (Wildman–Crippen MR) is 75.9 cm³/mol. The smallest absolute Gasteiger partial charge is 0.408 e. The van der Waals surface area contributed by atoms with Crippen LogP contribution in [0.1, 0.15) is 12.1 Å². The molecule has 0 aliphatic heterocycles. The van der Waals surface area contributed by atoms with Gasteiger partial charge in [0.05, 0.1) is 18.3 Å². The standard InChI is InChI=1S/C13H15N5O3/c19-5-1-4-18-8-10(16-17-18)7-14-9-2-3-12-11(6-9)15-13(20)21-12/h2-3,6,8,14,19H,1,4-5,7H2,(H,15,20). The van der Waals surface area contributed by atoms with Gasteiger partial charge in [0, 0.05) is 18.8 Å². The third kappa shape index (κ3) is 3.11. The van der Waals surface area contributed by atoms with Crippen LogP contribution in [0.4, 0.5) is 5.69 Å². The molecule has 0 saturated carbocycles. The zero-order chi connectivity index (χ0) is 14.7. The van der Waals surface area contributed by atoms with Gasteiger partial charge in [-0.15, -0.1) is 5.10 Å². The van der Waals surface area contributed by atoms with Crippen molar-refractivity contribution in [1.82, 2.24) is 20.0 Å². The second kappa shape index (κ2) is 5.80. The second-order valence-corrected chi connectivity index (χ2v) is 4.63. The lowest BCUT2D eigenvalue weighted by Crippen LogP contribution is -2.01. The highest BCUT2D eigenvalue weighted by Gasteiger charge is 2.04. The number of nitrogens with zero attached hydrogens (tertiary/aromatic N) is 3. The van der Waals surface area contributed by atoms with E-state index in [2.05, 4.69) is 20.6 Å². The summed E-state index contributed by atoms with van der Waals surface area (Å²) in [7, 11) is 0. The van der Waals surface area contributed by atoms with E-state index in [4.69, 9.17) is 9.52 Å². The second-order valence-electron chi connectivity index (χ2n) is 4.63. The van der Waals surface area contributed by atoms with Gasteiger partial charge in [0.15, 0.2) is 5.58 Å². The number of aromatic nitrogens is 4. The summed E-state index contributed by atoms with van der Waals surface area (Å²) in [6, 6.07) is 5.36. The van der Waals surface area contributed by atoms with E-state index in [1.807, 2.05) is 12.3 Å². The van der Waals surface area contributed by atoms with Gasteiger partial charge in [0.25, 0.3) is 0 Å². The Morgan fingerprint density at radius 3 is 3.19 bits per heavy atom. The van der Waals surface area contributed by atoms with Crippen molar-refractivity contribution in [3.8, 4) is 0 Å². The van der Waals surface area contributed by atoms with E-state index in [1.165, 1.54) is 0 Å². The highest BCUT2D eigenvalue weighted by Crippen LogP contribution is 2.16. The molecule has 0 spiro atoms. The van der Waals surface area contributed by atoms with Crippen LogP contribution in [0.5, 0.6) is 0 Å². The molecule has 0 aliphatic carbocycles. The Morgan fingerprint density at radius 1 is 1.43 bits per heavy atom. The molecule has 3 rings (SSSR count). The number of aromatic amines is 1. The van der Waals surface area contributed by atoms with Crippen molar-refractivity contribution < 1.29 is 9.52 Å². The average molecular weight is 289 g/mol. The van der Waals surface area contributed by atoms with Gasteiger partial charge >= 0.3 is 5.76 Å². The minimum Gasteiger partial charge on any atom is -0.408 e. The Labute approximate surface area is 119 Å². The fourth-order valence-corrected chi connectivity index (χ4v) is 2.02. The molecule has 0 unspecified atom stereocenters. The third-order valence-corrected chi connectivity index (χ3v) is 3.02. The highest BCUT2D eigenvalue weighted by atomic mass is 16.4. The Bertz CT molecular complexity index is 788. The van der Waals surface area contributed by atoms with Crippen molar-refractivity contribution in [3.63, 3.8) is 0 Å². The molecule has 110 valence electrons. The maximum atomic E-state index is 11.1. The minimum atomic E-state index is -0.464. The van der Waals surface area contributed by atoms with E-state index in [9.17, 15) is 4.79 Å². The first-order valence-electron chi connectivity index (χ1n) is 6.61. The molecule has 0 aliphatic rings. The monoisotopic (exact) mass is 289 g/mol. The number of fused-ring (bicyclic) bond motifs is 1. The predicted octanol–water partition coefficient (Wildman–Crippen LogP) is 0.707. The van der Waals surface area contributed by atoms with Gasteiger partial charge in [-0.3, -0.25) is 9.67 Å².